The van der Waals surface area contributed by atoms with Crippen LogP contribution < -0.4 is 5.73 Å². The molecule has 4 nitrogen and oxygen atoms in total. The number of nitrogens with two attached hydrogens (primary N) is 1. The van der Waals surface area contributed by atoms with Crippen molar-refractivity contribution in [1.29, 1.82) is 0 Å². The first-order chi connectivity index (χ1) is 6.94. The van der Waals surface area contributed by atoms with Gasteiger partial charge in [0.05, 0.1) is 6.61 Å². The number of hydrogen-bond acceptors (Lipinski definition) is 4. The number of nitrogens with zero attached hydrogens (tertiary/aromatic N) is 2. The molecule has 2 atom stereocenters. The third-order valence-corrected chi connectivity index (χ3v) is 3.34. The first kappa shape index (κ1) is 12.9. The predicted octanol–water partition coefficient (Wildman–Crippen LogP) is -0.278. The highest BCUT2D eigenvalue weighted by Crippen LogP contribution is 2.15. The van der Waals surface area contributed by atoms with Crippen LogP contribution in [0.25, 0.3) is 0 Å². The fourth-order valence-corrected chi connectivity index (χ4v) is 1.93. The van der Waals surface area contributed by atoms with Gasteiger partial charge in [-0.05, 0) is 40.4 Å². The molecule has 0 saturated carbocycles. The molecule has 0 aromatic rings. The van der Waals surface area contributed by atoms with E-state index in [1.54, 1.807) is 0 Å². The van der Waals surface area contributed by atoms with Crippen LogP contribution in [-0.2, 0) is 0 Å². The predicted molar refractivity (Wildman–Crippen MR) is 62.8 cm³/mol. The first-order valence-corrected chi connectivity index (χ1v) is 5.73. The number of aliphatic hydroxyl groups is 1. The molecule has 0 amide bonds. The summed E-state index contributed by atoms with van der Waals surface area (Å²) in [5.74, 6) is 0. The minimum atomic E-state index is -0.420. The second-order valence-electron chi connectivity index (χ2n) is 5.27. The Morgan fingerprint density at radius 1 is 1.53 bits per heavy atom. The van der Waals surface area contributed by atoms with Gasteiger partial charge in [-0.15, -0.1) is 0 Å². The maximum atomic E-state index is 9.06. The van der Waals surface area contributed by atoms with E-state index in [4.69, 9.17) is 10.8 Å². The van der Waals surface area contributed by atoms with E-state index in [0.717, 1.165) is 26.1 Å². The summed E-state index contributed by atoms with van der Waals surface area (Å²) in [5.41, 5.74) is 5.48. The van der Waals surface area contributed by atoms with Crippen molar-refractivity contribution in [3.63, 3.8) is 0 Å². The van der Waals surface area contributed by atoms with Crippen molar-refractivity contribution in [1.82, 2.24) is 9.80 Å². The third kappa shape index (κ3) is 4.07. The van der Waals surface area contributed by atoms with Gasteiger partial charge < -0.3 is 20.6 Å². The van der Waals surface area contributed by atoms with Crippen LogP contribution in [0, 0.1) is 0 Å². The topological polar surface area (TPSA) is 52.7 Å². The molecule has 1 aliphatic heterocycles. The number of hydrogen-bond donors (Lipinski definition) is 2. The second kappa shape index (κ2) is 5.25. The minimum absolute atomic E-state index is 0.0674. The molecule has 0 spiro atoms. The molecule has 1 aliphatic rings. The van der Waals surface area contributed by atoms with Crippen molar-refractivity contribution in [3.8, 4) is 0 Å². The summed E-state index contributed by atoms with van der Waals surface area (Å²) in [6, 6.07) is 0.683. The maximum Gasteiger partial charge on any atom is 0.0608 e. The smallest absolute Gasteiger partial charge is 0.0608 e. The zero-order chi connectivity index (χ0) is 11.5. The van der Waals surface area contributed by atoms with E-state index < -0.39 is 5.54 Å². The largest absolute Gasteiger partial charge is 0.394 e. The Kier molecular flexibility index (Phi) is 4.52. The number of rotatable bonds is 5. The normalized spacial score (nSPS) is 27.2. The fourth-order valence-electron chi connectivity index (χ4n) is 1.93. The van der Waals surface area contributed by atoms with Gasteiger partial charge in [-0.2, -0.15) is 0 Å². The molecular formula is C11H25N3O. The van der Waals surface area contributed by atoms with Crippen LogP contribution in [0.1, 0.15) is 19.8 Å². The van der Waals surface area contributed by atoms with E-state index in [1.165, 1.54) is 6.42 Å². The van der Waals surface area contributed by atoms with Gasteiger partial charge in [-0.25, -0.2) is 0 Å². The molecule has 15 heavy (non-hydrogen) atoms. The summed E-state index contributed by atoms with van der Waals surface area (Å²) in [6.45, 7) is 5.27. The van der Waals surface area contributed by atoms with Crippen LogP contribution in [0.4, 0.5) is 0 Å². The minimum Gasteiger partial charge on any atom is -0.394 e. The molecular weight excluding hydrogens is 190 g/mol. The molecule has 0 radical (unpaired) electrons. The molecule has 0 aromatic carbocycles. The van der Waals surface area contributed by atoms with Crippen LogP contribution in [0.5, 0.6) is 0 Å². The van der Waals surface area contributed by atoms with Crippen molar-refractivity contribution in [2.75, 3.05) is 40.3 Å². The SMILES string of the molecule is CN(C)C1CCN(CCC(C)(N)CO)C1. The summed E-state index contributed by atoms with van der Waals surface area (Å²) < 4.78 is 0. The van der Waals surface area contributed by atoms with E-state index in [2.05, 4.69) is 23.9 Å². The van der Waals surface area contributed by atoms with Gasteiger partial charge in [0.2, 0.25) is 0 Å². The lowest BCUT2D eigenvalue weighted by Crippen LogP contribution is -2.43. The van der Waals surface area contributed by atoms with Gasteiger partial charge >= 0.3 is 0 Å². The molecule has 1 heterocycles. The molecule has 1 rings (SSSR count). The van der Waals surface area contributed by atoms with E-state index in [0.29, 0.717) is 6.04 Å². The number of likely N-dealkylation sites (tertiary alicyclic amines) is 1. The second-order valence-corrected chi connectivity index (χ2v) is 5.27. The van der Waals surface area contributed by atoms with Gasteiger partial charge in [0, 0.05) is 24.7 Å². The van der Waals surface area contributed by atoms with E-state index in [-0.39, 0.29) is 6.61 Å². The average molecular weight is 215 g/mol. The van der Waals surface area contributed by atoms with Crippen LogP contribution >= 0.6 is 0 Å². The van der Waals surface area contributed by atoms with Gasteiger partial charge in [-0.1, -0.05) is 0 Å². The Labute approximate surface area is 93.0 Å². The average Bonchev–Trinajstić information content (AvgIpc) is 2.63. The first-order valence-electron chi connectivity index (χ1n) is 5.73. The Hall–Kier alpha value is -0.160. The molecule has 2 unspecified atom stereocenters. The van der Waals surface area contributed by atoms with Crippen LogP contribution in [-0.4, -0.2) is 66.8 Å². The number of likely N-dealkylation sites (N-methyl/N-ethyl adjacent to an activating group) is 1. The van der Waals surface area contributed by atoms with Gasteiger partial charge in [0.15, 0.2) is 0 Å². The number of aliphatic hydroxyl groups excluding tert-OH is 1. The van der Waals surface area contributed by atoms with E-state index >= 15 is 0 Å². The van der Waals surface area contributed by atoms with Crippen molar-refractivity contribution in [2.45, 2.75) is 31.3 Å². The highest BCUT2D eigenvalue weighted by molar-refractivity contribution is 4.84. The van der Waals surface area contributed by atoms with Crippen LogP contribution in [0.3, 0.4) is 0 Å². The zero-order valence-corrected chi connectivity index (χ0v) is 10.2. The van der Waals surface area contributed by atoms with Crippen molar-refractivity contribution < 1.29 is 5.11 Å². The van der Waals surface area contributed by atoms with E-state index in [1.807, 2.05) is 6.92 Å². The molecule has 0 bridgehead atoms. The van der Waals surface area contributed by atoms with Crippen molar-refractivity contribution >= 4 is 0 Å². The summed E-state index contributed by atoms with van der Waals surface area (Å²) in [7, 11) is 4.27. The standard InChI is InChI=1S/C11H25N3O/c1-11(12,9-15)5-7-14-6-4-10(8-14)13(2)3/h10,15H,4-9,12H2,1-3H3. The summed E-state index contributed by atoms with van der Waals surface area (Å²) in [4.78, 5) is 4.72. The van der Waals surface area contributed by atoms with Gasteiger partial charge in [0.25, 0.3) is 0 Å². The summed E-state index contributed by atoms with van der Waals surface area (Å²) in [6.07, 6.45) is 2.11. The molecule has 1 fully saturated rings. The molecule has 3 N–H and O–H groups in total. The lowest BCUT2D eigenvalue weighted by atomic mass is 10.0. The lowest BCUT2D eigenvalue weighted by Gasteiger charge is -2.26. The Bertz CT molecular complexity index is 194. The van der Waals surface area contributed by atoms with Crippen LogP contribution in [0.15, 0.2) is 0 Å². The molecule has 0 aliphatic carbocycles. The van der Waals surface area contributed by atoms with Gasteiger partial charge in [-0.3, -0.25) is 0 Å². The summed E-state index contributed by atoms with van der Waals surface area (Å²) >= 11 is 0. The maximum absolute atomic E-state index is 9.06. The van der Waals surface area contributed by atoms with Crippen molar-refractivity contribution in [2.24, 2.45) is 5.73 Å². The monoisotopic (exact) mass is 215 g/mol. The highest BCUT2D eigenvalue weighted by atomic mass is 16.3. The molecule has 1 saturated heterocycles. The molecule has 0 aromatic heterocycles. The Balaban J connectivity index is 2.25. The van der Waals surface area contributed by atoms with Gasteiger partial charge in [0.1, 0.15) is 0 Å². The Morgan fingerprint density at radius 2 is 2.20 bits per heavy atom. The summed E-state index contributed by atoms with van der Waals surface area (Å²) in [5, 5.41) is 9.06. The third-order valence-electron chi connectivity index (χ3n) is 3.34. The van der Waals surface area contributed by atoms with E-state index in [9.17, 15) is 0 Å². The zero-order valence-electron chi connectivity index (χ0n) is 10.2. The Morgan fingerprint density at radius 3 is 2.67 bits per heavy atom. The quantitative estimate of drug-likeness (QED) is 0.662. The molecule has 90 valence electrons. The van der Waals surface area contributed by atoms with Crippen molar-refractivity contribution in [3.05, 3.63) is 0 Å². The fraction of sp³-hybridized carbons (Fsp3) is 1.00. The lowest BCUT2D eigenvalue weighted by molar-refractivity contribution is 0.179. The highest BCUT2D eigenvalue weighted by Gasteiger charge is 2.25. The molecule has 4 heteroatoms. The van der Waals surface area contributed by atoms with Crippen LogP contribution in [0.2, 0.25) is 0 Å².